The molecule has 0 atom stereocenters. The summed E-state index contributed by atoms with van der Waals surface area (Å²) in [7, 11) is 0. The lowest BCUT2D eigenvalue weighted by atomic mass is 9.83. The Morgan fingerprint density at radius 2 is 2.29 bits per heavy atom. The van der Waals surface area contributed by atoms with Gasteiger partial charge in [0.25, 0.3) is 0 Å². The van der Waals surface area contributed by atoms with Crippen molar-refractivity contribution in [2.45, 2.75) is 39.0 Å². The topological polar surface area (TPSA) is 62.4 Å². The van der Waals surface area contributed by atoms with Gasteiger partial charge in [-0.15, -0.1) is 0 Å². The van der Waals surface area contributed by atoms with Crippen molar-refractivity contribution in [1.29, 1.82) is 0 Å². The van der Waals surface area contributed by atoms with Gasteiger partial charge in [0, 0.05) is 13.1 Å². The van der Waals surface area contributed by atoms with Crippen molar-refractivity contribution in [2.24, 2.45) is 16.8 Å². The molecule has 0 aromatic heterocycles. The van der Waals surface area contributed by atoms with E-state index in [2.05, 4.69) is 22.7 Å². The molecule has 1 aliphatic carbocycles. The van der Waals surface area contributed by atoms with Crippen LogP contribution in [0.25, 0.3) is 0 Å². The minimum absolute atomic E-state index is 0.728. The molecule has 0 aromatic rings. The zero-order valence-corrected chi connectivity index (χ0v) is 9.05. The van der Waals surface area contributed by atoms with E-state index in [1.165, 1.54) is 25.7 Å². The third-order valence-electron chi connectivity index (χ3n) is 2.70. The summed E-state index contributed by atoms with van der Waals surface area (Å²) in [5.74, 6) is 7.00. The van der Waals surface area contributed by atoms with E-state index in [4.69, 9.17) is 5.84 Å². The molecule has 0 radical (unpaired) electrons. The zero-order chi connectivity index (χ0) is 10.2. The molecular formula is C10H22N4. The summed E-state index contributed by atoms with van der Waals surface area (Å²) in [6, 6.07) is 0. The van der Waals surface area contributed by atoms with Crippen molar-refractivity contribution >= 4 is 5.96 Å². The fraction of sp³-hybridized carbons (Fsp3) is 0.900. The van der Waals surface area contributed by atoms with Crippen LogP contribution in [0.5, 0.6) is 0 Å². The molecule has 4 N–H and O–H groups in total. The SMILES string of the molecule is CCCN=C(NN)NCCC1CCC1. The minimum Gasteiger partial charge on any atom is -0.355 e. The van der Waals surface area contributed by atoms with Gasteiger partial charge in [-0.2, -0.15) is 0 Å². The molecule has 0 amide bonds. The average Bonchev–Trinajstić information content (AvgIpc) is 2.14. The quantitative estimate of drug-likeness (QED) is 0.267. The van der Waals surface area contributed by atoms with Crippen molar-refractivity contribution in [3.8, 4) is 0 Å². The van der Waals surface area contributed by atoms with E-state index in [1.54, 1.807) is 0 Å². The van der Waals surface area contributed by atoms with Gasteiger partial charge in [-0.3, -0.25) is 10.4 Å². The van der Waals surface area contributed by atoms with E-state index in [0.717, 1.165) is 31.4 Å². The average molecular weight is 198 g/mol. The molecule has 4 nitrogen and oxygen atoms in total. The molecular weight excluding hydrogens is 176 g/mol. The molecule has 0 saturated heterocycles. The number of rotatable bonds is 5. The molecule has 1 fully saturated rings. The summed E-state index contributed by atoms with van der Waals surface area (Å²) < 4.78 is 0. The molecule has 14 heavy (non-hydrogen) atoms. The summed E-state index contributed by atoms with van der Waals surface area (Å²) in [5.41, 5.74) is 2.59. The van der Waals surface area contributed by atoms with Crippen LogP contribution >= 0.6 is 0 Å². The van der Waals surface area contributed by atoms with E-state index in [-0.39, 0.29) is 0 Å². The van der Waals surface area contributed by atoms with Gasteiger partial charge in [0.1, 0.15) is 0 Å². The van der Waals surface area contributed by atoms with E-state index in [1.807, 2.05) is 0 Å². The van der Waals surface area contributed by atoms with Gasteiger partial charge >= 0.3 is 0 Å². The molecule has 82 valence electrons. The molecule has 1 rings (SSSR count). The van der Waals surface area contributed by atoms with E-state index < -0.39 is 0 Å². The maximum Gasteiger partial charge on any atom is 0.205 e. The highest BCUT2D eigenvalue weighted by Crippen LogP contribution is 2.28. The first kappa shape index (κ1) is 11.3. The first-order valence-corrected chi connectivity index (χ1v) is 5.61. The van der Waals surface area contributed by atoms with E-state index in [9.17, 15) is 0 Å². The number of nitrogens with one attached hydrogen (secondary N) is 2. The molecule has 0 bridgehead atoms. The van der Waals surface area contributed by atoms with Crippen LogP contribution in [0.2, 0.25) is 0 Å². The Labute approximate surface area is 86.3 Å². The number of hydrogen-bond donors (Lipinski definition) is 3. The molecule has 0 spiro atoms. The number of hydrogen-bond acceptors (Lipinski definition) is 2. The largest absolute Gasteiger partial charge is 0.355 e. The summed E-state index contributed by atoms with van der Waals surface area (Å²) in [4.78, 5) is 4.27. The third kappa shape index (κ3) is 3.96. The second-order valence-electron chi connectivity index (χ2n) is 3.89. The normalized spacial score (nSPS) is 17.7. The van der Waals surface area contributed by atoms with Gasteiger partial charge in [-0.25, -0.2) is 5.84 Å². The van der Waals surface area contributed by atoms with Gasteiger partial charge in [-0.05, 0) is 18.8 Å². The standard InChI is InChI=1S/C10H22N4/c1-2-7-12-10(14-11)13-8-6-9-4-3-5-9/h9H,2-8,11H2,1H3,(H2,12,13,14). The van der Waals surface area contributed by atoms with E-state index in [0.29, 0.717) is 0 Å². The number of nitrogens with zero attached hydrogens (tertiary/aromatic N) is 1. The molecule has 1 aliphatic rings. The monoisotopic (exact) mass is 198 g/mol. The molecule has 4 heteroatoms. The number of aliphatic imine (C=N–C) groups is 1. The van der Waals surface area contributed by atoms with Crippen LogP contribution in [0.1, 0.15) is 39.0 Å². The molecule has 0 aliphatic heterocycles. The fourth-order valence-electron chi connectivity index (χ4n) is 1.55. The van der Waals surface area contributed by atoms with Crippen molar-refractivity contribution in [3.63, 3.8) is 0 Å². The van der Waals surface area contributed by atoms with Crippen LogP contribution in [0.4, 0.5) is 0 Å². The highest BCUT2D eigenvalue weighted by atomic mass is 15.3. The first-order valence-electron chi connectivity index (χ1n) is 5.61. The molecule has 1 saturated carbocycles. The Bertz CT molecular complexity index is 175. The Kier molecular flexibility index (Phi) is 5.37. The maximum atomic E-state index is 5.33. The Morgan fingerprint density at radius 1 is 1.50 bits per heavy atom. The van der Waals surface area contributed by atoms with Gasteiger partial charge in [0.05, 0.1) is 0 Å². The summed E-state index contributed by atoms with van der Waals surface area (Å²) >= 11 is 0. The summed E-state index contributed by atoms with van der Waals surface area (Å²) in [6.45, 7) is 3.92. The lowest BCUT2D eigenvalue weighted by molar-refractivity contribution is 0.296. The predicted molar refractivity (Wildman–Crippen MR) is 59.9 cm³/mol. The smallest absolute Gasteiger partial charge is 0.205 e. The Hall–Kier alpha value is -0.770. The number of guanidine groups is 1. The van der Waals surface area contributed by atoms with Crippen molar-refractivity contribution in [3.05, 3.63) is 0 Å². The fourth-order valence-corrected chi connectivity index (χ4v) is 1.55. The van der Waals surface area contributed by atoms with Gasteiger partial charge in [-0.1, -0.05) is 26.2 Å². The lowest BCUT2D eigenvalue weighted by Crippen LogP contribution is -2.42. The van der Waals surface area contributed by atoms with Crippen LogP contribution in [0, 0.1) is 5.92 Å². The molecule has 0 unspecified atom stereocenters. The van der Waals surface area contributed by atoms with Crippen molar-refractivity contribution < 1.29 is 0 Å². The van der Waals surface area contributed by atoms with Gasteiger partial charge < -0.3 is 5.32 Å². The molecule has 0 heterocycles. The highest BCUT2D eigenvalue weighted by Gasteiger charge is 2.16. The van der Waals surface area contributed by atoms with Crippen LogP contribution in [-0.4, -0.2) is 19.0 Å². The van der Waals surface area contributed by atoms with Crippen molar-refractivity contribution in [2.75, 3.05) is 13.1 Å². The molecule has 0 aromatic carbocycles. The number of nitrogens with two attached hydrogens (primary N) is 1. The van der Waals surface area contributed by atoms with Crippen LogP contribution < -0.4 is 16.6 Å². The minimum atomic E-state index is 0.728. The van der Waals surface area contributed by atoms with Crippen LogP contribution in [0.15, 0.2) is 4.99 Å². The van der Waals surface area contributed by atoms with Crippen LogP contribution in [0.3, 0.4) is 0 Å². The zero-order valence-electron chi connectivity index (χ0n) is 9.05. The first-order chi connectivity index (χ1) is 6.86. The second kappa shape index (κ2) is 6.65. The van der Waals surface area contributed by atoms with Gasteiger partial charge in [0.15, 0.2) is 0 Å². The summed E-state index contributed by atoms with van der Waals surface area (Å²) in [6.07, 6.45) is 6.51. The highest BCUT2D eigenvalue weighted by molar-refractivity contribution is 5.79. The third-order valence-corrected chi connectivity index (χ3v) is 2.70. The van der Waals surface area contributed by atoms with E-state index >= 15 is 0 Å². The Balaban J connectivity index is 2.06. The van der Waals surface area contributed by atoms with Crippen molar-refractivity contribution in [1.82, 2.24) is 10.7 Å². The maximum absolute atomic E-state index is 5.33. The second-order valence-corrected chi connectivity index (χ2v) is 3.89. The summed E-state index contributed by atoms with van der Waals surface area (Å²) in [5, 5.41) is 3.22. The Morgan fingerprint density at radius 3 is 2.79 bits per heavy atom. The van der Waals surface area contributed by atoms with Gasteiger partial charge in [0.2, 0.25) is 5.96 Å². The lowest BCUT2D eigenvalue weighted by Gasteiger charge is -2.25. The predicted octanol–water partition coefficient (Wildman–Crippen LogP) is 0.995. The van der Waals surface area contributed by atoms with Crippen LogP contribution in [-0.2, 0) is 0 Å². The number of hydrazine groups is 1.